The largest absolute Gasteiger partial charge is 0.334 e. The molecule has 0 atom stereocenters. The second-order valence-electron chi connectivity index (χ2n) is 8.98. The molecule has 1 fully saturated rings. The van der Waals surface area contributed by atoms with Crippen LogP contribution in [-0.2, 0) is 0 Å². The highest BCUT2D eigenvalue weighted by molar-refractivity contribution is 6.34. The molecule has 8 nitrogen and oxygen atoms in total. The maximum atomic E-state index is 14.6. The summed E-state index contributed by atoms with van der Waals surface area (Å²) in [5, 5.41) is 16.4. The van der Waals surface area contributed by atoms with Crippen molar-refractivity contribution >= 4 is 29.2 Å². The number of hydrogen-bond acceptors (Lipinski definition) is 5. The van der Waals surface area contributed by atoms with Crippen molar-refractivity contribution in [1.29, 1.82) is 5.26 Å². The molecule has 4 aromatic rings. The van der Waals surface area contributed by atoms with Gasteiger partial charge in [-0.15, -0.1) is 0 Å². The number of anilines is 1. The first-order chi connectivity index (χ1) is 17.8. The molecule has 2 aromatic carbocycles. The molecule has 0 radical (unpaired) electrons. The van der Waals surface area contributed by atoms with Crippen LogP contribution in [0.25, 0.3) is 16.9 Å². The minimum absolute atomic E-state index is 0.0323. The SMILES string of the molecule is CC1(C#N)CN(C(=O)c2cc(NC(=O)c3cc(-c4ccccn4)c(F)cc3Cl)n(-c3ccccc3)n2)C1. The topological polar surface area (TPSA) is 104 Å². The number of nitrogens with zero attached hydrogens (tertiary/aromatic N) is 5. The van der Waals surface area contributed by atoms with Crippen LogP contribution in [0.3, 0.4) is 0 Å². The number of pyridine rings is 1. The molecule has 0 bridgehead atoms. The molecule has 1 saturated heterocycles. The zero-order chi connectivity index (χ0) is 26.2. The van der Waals surface area contributed by atoms with E-state index in [-0.39, 0.29) is 33.6 Å². The van der Waals surface area contributed by atoms with Crippen LogP contribution >= 0.6 is 11.6 Å². The van der Waals surface area contributed by atoms with Crippen molar-refractivity contribution in [3.8, 4) is 23.0 Å². The number of nitrogens with one attached hydrogen (secondary N) is 1. The molecule has 1 aliphatic heterocycles. The molecule has 0 spiro atoms. The number of halogens is 2. The second kappa shape index (κ2) is 9.48. The van der Waals surface area contributed by atoms with Gasteiger partial charge in [0.2, 0.25) is 0 Å². The Morgan fingerprint density at radius 1 is 1.11 bits per heavy atom. The predicted octanol–water partition coefficient (Wildman–Crippen LogP) is 4.96. The van der Waals surface area contributed by atoms with Gasteiger partial charge in [-0.25, -0.2) is 9.07 Å². The minimum atomic E-state index is -0.612. The summed E-state index contributed by atoms with van der Waals surface area (Å²) in [6.07, 6.45) is 1.53. The smallest absolute Gasteiger partial charge is 0.274 e. The average molecular weight is 515 g/mol. The summed E-state index contributed by atoms with van der Waals surface area (Å²) < 4.78 is 16.1. The normalized spacial score (nSPS) is 13.9. The molecule has 5 rings (SSSR count). The predicted molar refractivity (Wildman–Crippen MR) is 136 cm³/mol. The third kappa shape index (κ3) is 4.67. The maximum Gasteiger partial charge on any atom is 0.274 e. The molecular formula is C27H20ClFN6O2. The van der Waals surface area contributed by atoms with Crippen molar-refractivity contribution in [2.45, 2.75) is 6.92 Å². The zero-order valence-electron chi connectivity index (χ0n) is 19.7. The van der Waals surface area contributed by atoms with Gasteiger partial charge in [0.25, 0.3) is 11.8 Å². The average Bonchev–Trinajstić information content (AvgIpc) is 3.31. The molecule has 0 unspecified atom stereocenters. The van der Waals surface area contributed by atoms with E-state index in [0.29, 0.717) is 24.5 Å². The minimum Gasteiger partial charge on any atom is -0.334 e. The van der Waals surface area contributed by atoms with Crippen molar-refractivity contribution in [3.05, 3.63) is 95.0 Å². The summed E-state index contributed by atoms with van der Waals surface area (Å²) in [4.78, 5) is 32.0. The quantitative estimate of drug-likeness (QED) is 0.405. The number of aromatic nitrogens is 3. The van der Waals surface area contributed by atoms with Gasteiger partial charge in [-0.2, -0.15) is 10.4 Å². The number of hydrogen-bond donors (Lipinski definition) is 1. The molecule has 0 saturated carbocycles. The summed E-state index contributed by atoms with van der Waals surface area (Å²) in [5.74, 6) is -1.35. The lowest BCUT2D eigenvalue weighted by atomic mass is 9.83. The summed E-state index contributed by atoms with van der Waals surface area (Å²) in [6.45, 7) is 2.38. The Morgan fingerprint density at radius 2 is 1.84 bits per heavy atom. The third-order valence-corrected chi connectivity index (χ3v) is 6.36. The lowest BCUT2D eigenvalue weighted by Gasteiger charge is -2.42. The van der Waals surface area contributed by atoms with Gasteiger partial charge in [0.1, 0.15) is 11.6 Å². The van der Waals surface area contributed by atoms with Gasteiger partial charge in [0, 0.05) is 30.9 Å². The molecule has 10 heteroatoms. The van der Waals surface area contributed by atoms with Crippen LogP contribution in [0.4, 0.5) is 10.2 Å². The van der Waals surface area contributed by atoms with Crippen LogP contribution in [0.5, 0.6) is 0 Å². The molecule has 1 N–H and O–H groups in total. The lowest BCUT2D eigenvalue weighted by molar-refractivity contribution is 0.0362. The molecule has 0 aliphatic carbocycles. The first-order valence-corrected chi connectivity index (χ1v) is 11.7. The highest BCUT2D eigenvalue weighted by atomic mass is 35.5. The number of rotatable bonds is 5. The Balaban J connectivity index is 1.48. The van der Waals surface area contributed by atoms with Crippen molar-refractivity contribution in [2.75, 3.05) is 18.4 Å². The Kier molecular flexibility index (Phi) is 6.19. The van der Waals surface area contributed by atoms with Gasteiger partial charge in [-0.1, -0.05) is 35.9 Å². The Morgan fingerprint density at radius 3 is 2.51 bits per heavy atom. The van der Waals surface area contributed by atoms with E-state index in [1.54, 1.807) is 49.4 Å². The van der Waals surface area contributed by atoms with Crippen LogP contribution < -0.4 is 5.32 Å². The second-order valence-corrected chi connectivity index (χ2v) is 9.38. The van der Waals surface area contributed by atoms with Crippen molar-refractivity contribution in [1.82, 2.24) is 19.7 Å². The summed E-state index contributed by atoms with van der Waals surface area (Å²) in [6, 6.07) is 20.1. The van der Waals surface area contributed by atoms with E-state index in [1.807, 2.05) is 6.07 Å². The molecular weight excluding hydrogens is 495 g/mol. The van der Waals surface area contributed by atoms with E-state index in [1.165, 1.54) is 27.9 Å². The third-order valence-electron chi connectivity index (χ3n) is 6.05. The van der Waals surface area contributed by atoms with E-state index < -0.39 is 17.1 Å². The summed E-state index contributed by atoms with van der Waals surface area (Å²) >= 11 is 6.24. The number of nitriles is 1. The first-order valence-electron chi connectivity index (χ1n) is 11.4. The van der Waals surface area contributed by atoms with E-state index in [0.717, 1.165) is 6.07 Å². The van der Waals surface area contributed by atoms with E-state index >= 15 is 0 Å². The summed E-state index contributed by atoms with van der Waals surface area (Å²) in [5.41, 5.74) is 0.650. The maximum absolute atomic E-state index is 14.6. The fourth-order valence-corrected chi connectivity index (χ4v) is 4.37. The molecule has 1 aliphatic rings. The standard InChI is InChI=1S/C27H20ClFN6O2/c1-27(14-30)15-34(16-27)26(37)23-13-24(35(33-23)17-7-3-2-4-8-17)32-25(36)18-11-19(21(29)12-20(18)28)22-9-5-6-10-31-22/h2-13H,15-16H2,1H3,(H,32,36). The number of likely N-dealkylation sites (tertiary alicyclic amines) is 1. The number of benzene rings is 2. The highest BCUT2D eigenvalue weighted by Crippen LogP contribution is 2.31. The van der Waals surface area contributed by atoms with E-state index in [4.69, 9.17) is 11.6 Å². The first kappa shape index (κ1) is 24.2. The molecule has 184 valence electrons. The highest BCUT2D eigenvalue weighted by Gasteiger charge is 2.42. The van der Waals surface area contributed by atoms with Crippen molar-refractivity contribution in [2.24, 2.45) is 5.41 Å². The molecule has 3 heterocycles. The fourth-order valence-electron chi connectivity index (χ4n) is 4.14. The van der Waals surface area contributed by atoms with Crippen LogP contribution in [0.1, 0.15) is 27.8 Å². The van der Waals surface area contributed by atoms with Gasteiger partial charge in [-0.05, 0) is 43.3 Å². The number of carbonyl (C=O) groups is 2. The van der Waals surface area contributed by atoms with Gasteiger partial charge in [-0.3, -0.25) is 14.6 Å². The number of para-hydroxylation sites is 1. The van der Waals surface area contributed by atoms with Crippen LogP contribution in [0, 0.1) is 22.6 Å². The van der Waals surface area contributed by atoms with Gasteiger partial charge < -0.3 is 10.2 Å². The van der Waals surface area contributed by atoms with Crippen LogP contribution in [0.2, 0.25) is 5.02 Å². The number of amides is 2. The molecule has 2 amide bonds. The van der Waals surface area contributed by atoms with Crippen molar-refractivity contribution in [3.63, 3.8) is 0 Å². The van der Waals surface area contributed by atoms with Gasteiger partial charge >= 0.3 is 0 Å². The molecule has 37 heavy (non-hydrogen) atoms. The Bertz CT molecular complexity index is 1540. The monoisotopic (exact) mass is 514 g/mol. The Hall–Kier alpha value is -4.55. The van der Waals surface area contributed by atoms with Gasteiger partial charge in [0.05, 0.1) is 33.5 Å². The number of carbonyl (C=O) groups excluding carboxylic acids is 2. The van der Waals surface area contributed by atoms with Crippen LogP contribution in [0.15, 0.2) is 72.9 Å². The summed E-state index contributed by atoms with van der Waals surface area (Å²) in [7, 11) is 0. The van der Waals surface area contributed by atoms with Crippen molar-refractivity contribution < 1.29 is 14.0 Å². The zero-order valence-corrected chi connectivity index (χ0v) is 20.4. The van der Waals surface area contributed by atoms with E-state index in [9.17, 15) is 19.2 Å². The van der Waals surface area contributed by atoms with E-state index in [2.05, 4.69) is 21.5 Å². The molecule has 2 aromatic heterocycles. The Labute approximate surface area is 216 Å². The van der Waals surface area contributed by atoms with Gasteiger partial charge in [0.15, 0.2) is 5.69 Å². The fraction of sp³-hybridized carbons (Fsp3) is 0.148. The van der Waals surface area contributed by atoms with Crippen LogP contribution in [-0.4, -0.2) is 44.6 Å². The lowest BCUT2D eigenvalue weighted by Crippen LogP contribution is -2.56.